The minimum Gasteiger partial charge on any atom is -0.355 e. The lowest BCUT2D eigenvalue weighted by Gasteiger charge is -2.08. The summed E-state index contributed by atoms with van der Waals surface area (Å²) in [7, 11) is 0. The van der Waals surface area contributed by atoms with Crippen molar-refractivity contribution in [1.82, 2.24) is 20.6 Å². The van der Waals surface area contributed by atoms with E-state index in [4.69, 9.17) is 4.52 Å². The van der Waals surface area contributed by atoms with Gasteiger partial charge in [-0.3, -0.25) is 25.2 Å². The van der Waals surface area contributed by atoms with Crippen LogP contribution in [0.25, 0.3) is 22.2 Å². The zero-order valence-corrected chi connectivity index (χ0v) is 15.2. The van der Waals surface area contributed by atoms with Crippen molar-refractivity contribution in [2.24, 2.45) is 0 Å². The Morgan fingerprint density at radius 2 is 1.76 bits per heavy atom. The van der Waals surface area contributed by atoms with E-state index >= 15 is 0 Å². The number of carbonyl (C=O) groups is 2. The Bertz CT molecular complexity index is 1240. The second-order valence-electron chi connectivity index (χ2n) is 6.28. The molecule has 2 aromatic heterocycles. The molecule has 4 aromatic rings. The predicted octanol–water partition coefficient (Wildman–Crippen LogP) is 2.12. The molecule has 2 N–H and O–H groups in total. The van der Waals surface area contributed by atoms with Crippen LogP contribution < -0.4 is 16.4 Å². The first kappa shape index (κ1) is 18.2. The molecule has 0 fully saturated rings. The van der Waals surface area contributed by atoms with Crippen molar-refractivity contribution < 1.29 is 14.1 Å². The number of carbonyl (C=O) groups excluding carboxylic acids is 2. The van der Waals surface area contributed by atoms with E-state index < -0.39 is 11.8 Å². The lowest BCUT2D eigenvalue weighted by atomic mass is 10.1. The molecule has 29 heavy (non-hydrogen) atoms. The van der Waals surface area contributed by atoms with Gasteiger partial charge in [-0.15, -0.1) is 0 Å². The van der Waals surface area contributed by atoms with E-state index in [0.717, 1.165) is 5.56 Å². The Morgan fingerprint density at radius 3 is 2.55 bits per heavy atom. The zero-order valence-electron chi connectivity index (χ0n) is 15.2. The van der Waals surface area contributed by atoms with Gasteiger partial charge in [0.2, 0.25) is 0 Å². The lowest BCUT2D eigenvalue weighted by Crippen LogP contribution is -2.44. The number of nitrogens with one attached hydrogen (secondary N) is 2. The van der Waals surface area contributed by atoms with Crippen LogP contribution in [-0.2, 0) is 11.3 Å². The van der Waals surface area contributed by atoms with Crippen LogP contribution in [0.2, 0.25) is 0 Å². The second-order valence-corrected chi connectivity index (χ2v) is 6.28. The maximum absolute atomic E-state index is 12.4. The van der Waals surface area contributed by atoms with E-state index in [2.05, 4.69) is 16.0 Å². The highest BCUT2D eigenvalue weighted by Gasteiger charge is 2.14. The van der Waals surface area contributed by atoms with E-state index in [1.165, 1.54) is 16.8 Å². The highest BCUT2D eigenvalue weighted by Crippen LogP contribution is 2.29. The van der Waals surface area contributed by atoms with Gasteiger partial charge in [0.05, 0.1) is 5.39 Å². The van der Waals surface area contributed by atoms with Crippen molar-refractivity contribution in [3.8, 4) is 11.3 Å². The molecule has 0 saturated carbocycles. The lowest BCUT2D eigenvalue weighted by molar-refractivity contribution is -0.122. The van der Waals surface area contributed by atoms with Gasteiger partial charge in [-0.05, 0) is 24.3 Å². The Kier molecular flexibility index (Phi) is 4.90. The van der Waals surface area contributed by atoms with Crippen molar-refractivity contribution in [2.45, 2.75) is 6.54 Å². The smallest absolute Gasteiger partial charge is 0.269 e. The average molecular weight is 388 g/mol. The molecule has 8 heteroatoms. The molecule has 0 unspecified atom stereocenters. The summed E-state index contributed by atoms with van der Waals surface area (Å²) in [6, 6.07) is 18.9. The molecule has 0 spiro atoms. The number of amides is 2. The Morgan fingerprint density at radius 1 is 0.966 bits per heavy atom. The van der Waals surface area contributed by atoms with Crippen molar-refractivity contribution in [1.29, 1.82) is 0 Å². The van der Waals surface area contributed by atoms with E-state index in [9.17, 15) is 14.4 Å². The number of rotatable bonds is 4. The van der Waals surface area contributed by atoms with E-state index in [-0.39, 0.29) is 12.1 Å². The Hall–Kier alpha value is -4.20. The topological polar surface area (TPSA) is 106 Å². The first-order valence-corrected chi connectivity index (χ1v) is 8.81. The molecule has 0 atom stereocenters. The van der Waals surface area contributed by atoms with Crippen LogP contribution in [0.3, 0.4) is 0 Å². The van der Waals surface area contributed by atoms with E-state index in [1.807, 2.05) is 30.3 Å². The van der Waals surface area contributed by atoms with Crippen molar-refractivity contribution in [3.05, 3.63) is 88.8 Å². The van der Waals surface area contributed by atoms with Gasteiger partial charge in [0.1, 0.15) is 12.1 Å². The third-order valence-electron chi connectivity index (χ3n) is 4.30. The quantitative estimate of drug-likeness (QED) is 0.521. The molecule has 0 aliphatic heterocycles. The van der Waals surface area contributed by atoms with E-state index in [1.54, 1.807) is 30.3 Å². The van der Waals surface area contributed by atoms with Gasteiger partial charge in [0.25, 0.3) is 17.4 Å². The zero-order chi connectivity index (χ0) is 20.2. The maximum atomic E-state index is 12.4. The SMILES string of the molecule is O=C(Cn1ccccc1=O)NNC(=O)c1ccc2noc(-c3ccccc3)c2c1. The molecule has 144 valence electrons. The molecule has 2 aromatic carbocycles. The number of nitrogens with zero attached hydrogens (tertiary/aromatic N) is 2. The molecule has 0 aliphatic carbocycles. The third kappa shape index (κ3) is 3.91. The van der Waals surface area contributed by atoms with Gasteiger partial charge in [0, 0.05) is 23.4 Å². The number of pyridine rings is 1. The summed E-state index contributed by atoms with van der Waals surface area (Å²) in [5.74, 6) is -0.466. The maximum Gasteiger partial charge on any atom is 0.269 e. The molecule has 2 amide bonds. The number of benzene rings is 2. The molecular weight excluding hydrogens is 372 g/mol. The standard InChI is InChI=1S/C21H16N4O4/c26-18(13-25-11-5-4-8-19(25)27)22-23-21(28)15-9-10-17-16(12-15)20(29-24-17)14-6-2-1-3-7-14/h1-12H,13H2,(H,22,26)(H,23,28). The fourth-order valence-corrected chi connectivity index (χ4v) is 2.86. The summed E-state index contributed by atoms with van der Waals surface area (Å²) >= 11 is 0. The van der Waals surface area contributed by atoms with Gasteiger partial charge >= 0.3 is 0 Å². The third-order valence-corrected chi connectivity index (χ3v) is 4.30. The number of fused-ring (bicyclic) bond motifs is 1. The summed E-state index contributed by atoms with van der Waals surface area (Å²) in [6.45, 7) is -0.206. The summed E-state index contributed by atoms with van der Waals surface area (Å²) in [4.78, 5) is 36.1. The molecule has 0 aliphatic rings. The first-order chi connectivity index (χ1) is 14.1. The fourth-order valence-electron chi connectivity index (χ4n) is 2.86. The van der Waals surface area contributed by atoms with Gasteiger partial charge in [-0.25, -0.2) is 0 Å². The largest absolute Gasteiger partial charge is 0.355 e. The van der Waals surface area contributed by atoms with Gasteiger partial charge in [-0.1, -0.05) is 41.6 Å². The molecule has 2 heterocycles. The van der Waals surface area contributed by atoms with Crippen LogP contribution in [0.15, 0.2) is 82.2 Å². The normalized spacial score (nSPS) is 10.6. The van der Waals surface area contributed by atoms with Crippen LogP contribution in [0.4, 0.5) is 0 Å². The number of hydrogen-bond acceptors (Lipinski definition) is 5. The van der Waals surface area contributed by atoms with Crippen molar-refractivity contribution in [3.63, 3.8) is 0 Å². The van der Waals surface area contributed by atoms with E-state index in [0.29, 0.717) is 22.2 Å². The van der Waals surface area contributed by atoms with Gasteiger partial charge in [-0.2, -0.15) is 0 Å². The highest BCUT2D eigenvalue weighted by atomic mass is 16.5. The van der Waals surface area contributed by atoms with Crippen LogP contribution in [0.1, 0.15) is 10.4 Å². The van der Waals surface area contributed by atoms with Crippen LogP contribution >= 0.6 is 0 Å². The van der Waals surface area contributed by atoms with Crippen molar-refractivity contribution in [2.75, 3.05) is 0 Å². The Balaban J connectivity index is 1.48. The van der Waals surface area contributed by atoms with Crippen LogP contribution in [0, 0.1) is 0 Å². The summed E-state index contributed by atoms with van der Waals surface area (Å²) < 4.78 is 6.66. The summed E-state index contributed by atoms with van der Waals surface area (Å²) in [5, 5.41) is 4.70. The van der Waals surface area contributed by atoms with Gasteiger partial charge < -0.3 is 9.09 Å². The molecule has 0 radical (unpaired) electrons. The summed E-state index contributed by atoms with van der Waals surface area (Å²) in [5.41, 5.74) is 6.14. The molecule has 8 nitrogen and oxygen atoms in total. The van der Waals surface area contributed by atoms with Crippen LogP contribution in [0.5, 0.6) is 0 Å². The Labute approximate surface area is 164 Å². The second kappa shape index (κ2) is 7.81. The number of hydrogen-bond donors (Lipinski definition) is 2. The molecule has 0 bridgehead atoms. The number of aromatic nitrogens is 2. The first-order valence-electron chi connectivity index (χ1n) is 8.81. The highest BCUT2D eigenvalue weighted by molar-refractivity contribution is 6.01. The summed E-state index contributed by atoms with van der Waals surface area (Å²) in [6.07, 6.45) is 1.49. The van der Waals surface area contributed by atoms with Crippen LogP contribution in [-0.4, -0.2) is 21.5 Å². The minimum absolute atomic E-state index is 0.206. The fraction of sp³-hybridized carbons (Fsp3) is 0.0476. The average Bonchev–Trinajstić information content (AvgIpc) is 3.17. The van der Waals surface area contributed by atoms with Crippen molar-refractivity contribution >= 4 is 22.7 Å². The predicted molar refractivity (Wildman–Crippen MR) is 106 cm³/mol. The number of hydrazine groups is 1. The monoisotopic (exact) mass is 388 g/mol. The molecule has 4 rings (SSSR count). The van der Waals surface area contributed by atoms with Gasteiger partial charge in [0.15, 0.2) is 5.76 Å². The molecular formula is C21H16N4O4. The molecule has 0 saturated heterocycles. The minimum atomic E-state index is -0.525.